The van der Waals surface area contributed by atoms with Gasteiger partial charge in [-0.2, -0.15) is 18.6 Å². The second-order valence-corrected chi connectivity index (χ2v) is 5.40. The predicted octanol–water partition coefficient (Wildman–Crippen LogP) is 2.59. The summed E-state index contributed by atoms with van der Waals surface area (Å²) in [6.07, 6.45) is 0. The molecule has 0 aliphatic rings. The van der Waals surface area contributed by atoms with Gasteiger partial charge >= 0.3 is 0 Å². The predicted molar refractivity (Wildman–Crippen MR) is 70.2 cm³/mol. The van der Waals surface area contributed by atoms with E-state index in [9.17, 15) is 13.5 Å². The number of phenolic OH excluding ortho intramolecular Hbond substituents is 1. The molecular formula is C12H12N2O4S. The van der Waals surface area contributed by atoms with E-state index in [2.05, 4.69) is 14.4 Å². The van der Waals surface area contributed by atoms with Crippen LogP contribution in [-0.4, -0.2) is 27.7 Å². The van der Waals surface area contributed by atoms with Gasteiger partial charge < -0.3 is 5.11 Å². The monoisotopic (exact) mass is 280 g/mol. The molecule has 0 aliphatic carbocycles. The molecule has 100 valence electrons. The van der Waals surface area contributed by atoms with E-state index in [0.717, 1.165) is 7.11 Å². The Morgan fingerprint density at radius 2 is 1.95 bits per heavy atom. The van der Waals surface area contributed by atoms with Crippen LogP contribution >= 0.6 is 0 Å². The molecule has 0 saturated carbocycles. The fourth-order valence-corrected chi connectivity index (χ4v) is 2.59. The van der Waals surface area contributed by atoms with Crippen molar-refractivity contribution in [1.29, 1.82) is 0 Å². The maximum atomic E-state index is 11.9. The van der Waals surface area contributed by atoms with Gasteiger partial charge in [-0.1, -0.05) is 24.3 Å². The summed E-state index contributed by atoms with van der Waals surface area (Å²) in [7, 11) is -1.54. The number of hydrogen-bond acceptors (Lipinski definition) is 6. The molecule has 0 radical (unpaired) electrons. The Labute approximate surface area is 110 Å². The highest BCUT2D eigenvalue weighted by molar-refractivity contribution is 7.87. The zero-order valence-electron chi connectivity index (χ0n) is 10.4. The van der Waals surface area contributed by atoms with Crippen molar-refractivity contribution in [2.75, 3.05) is 14.2 Å². The molecule has 0 amide bonds. The molecule has 0 unspecified atom stereocenters. The second-order valence-electron chi connectivity index (χ2n) is 3.71. The minimum Gasteiger partial charge on any atom is -0.505 e. The lowest BCUT2D eigenvalue weighted by atomic mass is 10.1. The Bertz CT molecular complexity index is 754. The quantitative estimate of drug-likeness (QED) is 0.691. The first-order chi connectivity index (χ1) is 9.01. The van der Waals surface area contributed by atoms with Gasteiger partial charge in [-0.05, 0) is 11.5 Å². The van der Waals surface area contributed by atoms with Crippen molar-refractivity contribution < 1.29 is 17.7 Å². The molecule has 2 rings (SSSR count). The van der Waals surface area contributed by atoms with E-state index in [0.29, 0.717) is 10.8 Å². The van der Waals surface area contributed by atoms with Gasteiger partial charge in [0.15, 0.2) is 5.75 Å². The second kappa shape index (κ2) is 4.94. The highest BCUT2D eigenvalue weighted by Crippen LogP contribution is 2.40. The number of fused-ring (bicyclic) bond motifs is 1. The number of aromatic hydroxyl groups is 1. The van der Waals surface area contributed by atoms with Gasteiger partial charge in [-0.25, -0.2) is 0 Å². The number of benzene rings is 2. The van der Waals surface area contributed by atoms with E-state index in [1.165, 1.54) is 13.1 Å². The van der Waals surface area contributed by atoms with Gasteiger partial charge in [0.05, 0.1) is 7.11 Å². The fourth-order valence-electron chi connectivity index (χ4n) is 1.77. The molecule has 0 spiro atoms. The first-order valence-corrected chi connectivity index (χ1v) is 6.77. The topological polar surface area (TPSA) is 88.3 Å². The fraction of sp³-hybridized carbons (Fsp3) is 0.167. The van der Waals surface area contributed by atoms with Gasteiger partial charge in [0.25, 0.3) is 10.1 Å². The average molecular weight is 280 g/mol. The lowest BCUT2D eigenvalue weighted by Crippen LogP contribution is -2.03. The molecule has 0 heterocycles. The lowest BCUT2D eigenvalue weighted by Gasteiger charge is -2.09. The lowest BCUT2D eigenvalue weighted by molar-refractivity contribution is 0.397. The van der Waals surface area contributed by atoms with E-state index in [-0.39, 0.29) is 16.3 Å². The summed E-state index contributed by atoms with van der Waals surface area (Å²) in [5.41, 5.74) is -0.122. The molecule has 0 fully saturated rings. The molecule has 0 aromatic heterocycles. The number of azo groups is 1. The first-order valence-electron chi connectivity index (χ1n) is 5.36. The SMILES string of the molecule is CN=Nc1c(S(=O)(=O)OC)cc2ccccc2c1O. The Hall–Kier alpha value is -1.99. The number of phenols is 1. The maximum absolute atomic E-state index is 11.9. The van der Waals surface area contributed by atoms with E-state index in [4.69, 9.17) is 0 Å². The van der Waals surface area contributed by atoms with Crippen molar-refractivity contribution in [1.82, 2.24) is 0 Å². The molecule has 19 heavy (non-hydrogen) atoms. The van der Waals surface area contributed by atoms with Crippen LogP contribution in [0.15, 0.2) is 45.5 Å². The van der Waals surface area contributed by atoms with Gasteiger partial charge in [-0.3, -0.25) is 4.18 Å². The van der Waals surface area contributed by atoms with Crippen molar-refractivity contribution in [2.45, 2.75) is 4.90 Å². The maximum Gasteiger partial charge on any atom is 0.299 e. The van der Waals surface area contributed by atoms with Crippen LogP contribution < -0.4 is 0 Å². The number of hydrogen-bond donors (Lipinski definition) is 1. The molecule has 0 atom stereocenters. The van der Waals surface area contributed by atoms with Gasteiger partial charge in [0, 0.05) is 12.4 Å². The summed E-state index contributed by atoms with van der Waals surface area (Å²) in [6.45, 7) is 0. The Balaban J connectivity index is 2.93. The van der Waals surface area contributed by atoms with Crippen LogP contribution in [0.25, 0.3) is 10.8 Å². The molecular weight excluding hydrogens is 268 g/mol. The third-order valence-electron chi connectivity index (χ3n) is 2.65. The van der Waals surface area contributed by atoms with Crippen LogP contribution in [0.2, 0.25) is 0 Å². The number of rotatable bonds is 3. The van der Waals surface area contributed by atoms with E-state index in [1.54, 1.807) is 24.3 Å². The van der Waals surface area contributed by atoms with Crippen molar-refractivity contribution >= 4 is 26.6 Å². The third-order valence-corrected chi connectivity index (χ3v) is 3.94. The molecule has 2 aromatic rings. The van der Waals surface area contributed by atoms with Crippen molar-refractivity contribution in [2.24, 2.45) is 10.2 Å². The largest absolute Gasteiger partial charge is 0.505 e. The molecule has 0 saturated heterocycles. The molecule has 1 N–H and O–H groups in total. The average Bonchev–Trinajstić information content (AvgIpc) is 2.42. The zero-order chi connectivity index (χ0) is 14.0. The van der Waals surface area contributed by atoms with Crippen LogP contribution in [0.3, 0.4) is 0 Å². The summed E-state index contributed by atoms with van der Waals surface area (Å²) in [4.78, 5) is -0.211. The van der Waals surface area contributed by atoms with E-state index in [1.807, 2.05) is 0 Å². The standard InChI is InChI=1S/C12H12N2O4S/c1-13-14-11-10(19(16,17)18-2)7-8-5-3-4-6-9(8)12(11)15/h3-7,15H,1-2H3. The van der Waals surface area contributed by atoms with Crippen molar-refractivity contribution in [3.8, 4) is 5.75 Å². The Morgan fingerprint density at radius 1 is 1.26 bits per heavy atom. The van der Waals surface area contributed by atoms with Gasteiger partial charge in [-0.15, -0.1) is 0 Å². The first kappa shape index (κ1) is 13.4. The van der Waals surface area contributed by atoms with Gasteiger partial charge in [0.1, 0.15) is 10.6 Å². The normalized spacial score (nSPS) is 12.3. The highest BCUT2D eigenvalue weighted by Gasteiger charge is 2.23. The van der Waals surface area contributed by atoms with E-state index >= 15 is 0 Å². The van der Waals surface area contributed by atoms with Crippen LogP contribution in [-0.2, 0) is 14.3 Å². The van der Waals surface area contributed by atoms with Crippen molar-refractivity contribution in [3.05, 3.63) is 30.3 Å². The third kappa shape index (κ3) is 2.29. The van der Waals surface area contributed by atoms with Crippen molar-refractivity contribution in [3.63, 3.8) is 0 Å². The zero-order valence-corrected chi connectivity index (χ0v) is 11.2. The summed E-state index contributed by atoms with van der Waals surface area (Å²) >= 11 is 0. The summed E-state index contributed by atoms with van der Waals surface area (Å²) in [6, 6.07) is 8.24. The molecule has 6 nitrogen and oxygen atoms in total. The van der Waals surface area contributed by atoms with Crippen LogP contribution in [0.4, 0.5) is 5.69 Å². The number of nitrogens with zero attached hydrogens (tertiary/aromatic N) is 2. The summed E-state index contributed by atoms with van der Waals surface area (Å²) in [5, 5.41) is 18.4. The Kier molecular flexibility index (Phi) is 3.50. The van der Waals surface area contributed by atoms with Crippen LogP contribution in [0, 0.1) is 0 Å². The summed E-state index contributed by atoms with van der Waals surface area (Å²) < 4.78 is 28.2. The van der Waals surface area contributed by atoms with Gasteiger partial charge in [0.2, 0.25) is 0 Å². The highest BCUT2D eigenvalue weighted by atomic mass is 32.2. The van der Waals surface area contributed by atoms with Crippen LogP contribution in [0.1, 0.15) is 0 Å². The minimum absolute atomic E-state index is 0.122. The Morgan fingerprint density at radius 3 is 2.58 bits per heavy atom. The van der Waals surface area contributed by atoms with E-state index < -0.39 is 10.1 Å². The summed E-state index contributed by atoms with van der Waals surface area (Å²) in [5.74, 6) is -0.237. The molecule has 0 aliphatic heterocycles. The smallest absolute Gasteiger partial charge is 0.299 e. The molecule has 0 bridgehead atoms. The molecule has 2 aromatic carbocycles. The van der Waals surface area contributed by atoms with Crippen LogP contribution in [0.5, 0.6) is 5.75 Å². The molecule has 7 heteroatoms. The minimum atomic E-state index is -3.98.